The van der Waals surface area contributed by atoms with Crippen molar-refractivity contribution in [2.45, 2.75) is 52.1 Å². The molecule has 2 heterocycles. The fourth-order valence-electron chi connectivity index (χ4n) is 5.33. The van der Waals surface area contributed by atoms with Gasteiger partial charge in [0.25, 0.3) is 0 Å². The van der Waals surface area contributed by atoms with E-state index in [9.17, 15) is 14.7 Å². The lowest BCUT2D eigenvalue weighted by Crippen LogP contribution is -2.47. The van der Waals surface area contributed by atoms with E-state index in [2.05, 4.69) is 6.92 Å². The fourth-order valence-corrected chi connectivity index (χ4v) is 5.33. The van der Waals surface area contributed by atoms with Crippen LogP contribution in [0, 0.1) is 28.6 Å². The second-order valence-electron chi connectivity index (χ2n) is 7.94. The molecule has 0 radical (unpaired) electrons. The van der Waals surface area contributed by atoms with Crippen LogP contribution in [-0.4, -0.2) is 34.9 Å². The predicted molar refractivity (Wildman–Crippen MR) is 76.5 cm³/mol. The number of hydrogen-bond acceptors (Lipinski definition) is 5. The third-order valence-electron chi connectivity index (χ3n) is 6.88. The number of aliphatic hydroxyl groups is 1. The number of rotatable bonds is 0. The number of carbonyl (C=O) groups excluding carboxylic acids is 2. The first-order valence-electron chi connectivity index (χ1n) is 7.98. The average molecular weight is 306 g/mol. The number of carbonyl (C=O) groups is 2. The normalized spacial score (nSPS) is 59.2. The first-order chi connectivity index (χ1) is 10.1. The lowest BCUT2D eigenvalue weighted by atomic mass is 9.64. The molecule has 0 bridgehead atoms. The summed E-state index contributed by atoms with van der Waals surface area (Å²) < 4.78 is 11.6. The summed E-state index contributed by atoms with van der Waals surface area (Å²) in [4.78, 5) is 25.1. The summed E-state index contributed by atoms with van der Waals surface area (Å²) in [6.45, 7) is 7.23. The summed E-state index contributed by atoms with van der Waals surface area (Å²) in [5.41, 5.74) is -1.86. The fraction of sp³-hybridized carbons (Fsp3) is 0.765. The van der Waals surface area contributed by atoms with E-state index >= 15 is 0 Å². The Bertz CT molecular complexity index is 608. The van der Waals surface area contributed by atoms with Gasteiger partial charge < -0.3 is 14.6 Å². The van der Waals surface area contributed by atoms with Gasteiger partial charge >= 0.3 is 5.97 Å². The van der Waals surface area contributed by atoms with E-state index in [1.165, 1.54) is 6.92 Å². The molecule has 0 aromatic carbocycles. The quantitative estimate of drug-likeness (QED) is 0.686. The van der Waals surface area contributed by atoms with E-state index in [0.29, 0.717) is 6.42 Å². The molecule has 4 aliphatic rings. The molecule has 120 valence electrons. The van der Waals surface area contributed by atoms with E-state index < -0.39 is 28.7 Å². The second-order valence-corrected chi connectivity index (χ2v) is 7.94. The SMILES string of the molecule is C[C@@H]1C[C@@H]2OC(=O)[C@]3(C)[C@H]2[C@@H](OC3(C)O)[C@]2(C)C(=O)C=C[C@H]12. The molecule has 4 rings (SSSR count). The van der Waals surface area contributed by atoms with Crippen molar-refractivity contribution in [2.75, 3.05) is 0 Å². The molecule has 0 spiro atoms. The molecule has 0 aromatic rings. The molecule has 1 saturated carbocycles. The Morgan fingerprint density at radius 1 is 1.27 bits per heavy atom. The van der Waals surface area contributed by atoms with Crippen LogP contribution in [0.15, 0.2) is 12.2 Å². The van der Waals surface area contributed by atoms with Crippen molar-refractivity contribution in [1.29, 1.82) is 0 Å². The lowest BCUT2D eigenvalue weighted by molar-refractivity contribution is -0.239. The van der Waals surface area contributed by atoms with Crippen molar-refractivity contribution in [2.24, 2.45) is 28.6 Å². The molecular formula is C17H22O5. The van der Waals surface area contributed by atoms with Crippen molar-refractivity contribution in [1.82, 2.24) is 0 Å². The van der Waals surface area contributed by atoms with Gasteiger partial charge in [-0.2, -0.15) is 0 Å². The molecule has 1 unspecified atom stereocenters. The molecule has 0 aromatic heterocycles. The third kappa shape index (κ3) is 1.30. The van der Waals surface area contributed by atoms with Gasteiger partial charge in [0.05, 0.1) is 11.5 Å². The minimum Gasteiger partial charge on any atom is -0.461 e. The van der Waals surface area contributed by atoms with E-state index in [4.69, 9.17) is 9.47 Å². The molecule has 8 atom stereocenters. The summed E-state index contributed by atoms with van der Waals surface area (Å²) >= 11 is 0. The van der Waals surface area contributed by atoms with Crippen molar-refractivity contribution in [3.63, 3.8) is 0 Å². The Kier molecular flexibility index (Phi) is 2.50. The van der Waals surface area contributed by atoms with Crippen LogP contribution in [0.1, 0.15) is 34.1 Å². The third-order valence-corrected chi connectivity index (χ3v) is 6.88. The Hall–Kier alpha value is -1.20. The molecule has 3 fully saturated rings. The van der Waals surface area contributed by atoms with Crippen molar-refractivity contribution in [3.05, 3.63) is 12.2 Å². The summed E-state index contributed by atoms with van der Waals surface area (Å²) in [5, 5.41) is 10.8. The monoisotopic (exact) mass is 306 g/mol. The molecule has 0 amide bonds. The van der Waals surface area contributed by atoms with Crippen LogP contribution in [0.3, 0.4) is 0 Å². The highest BCUT2D eigenvalue weighted by Gasteiger charge is 2.76. The highest BCUT2D eigenvalue weighted by molar-refractivity contribution is 5.98. The second kappa shape index (κ2) is 3.82. The number of allylic oxidation sites excluding steroid dienone is 2. The van der Waals surface area contributed by atoms with E-state index in [1.807, 2.05) is 13.0 Å². The molecule has 5 heteroatoms. The highest BCUT2D eigenvalue weighted by atomic mass is 16.7. The number of ether oxygens (including phenoxy) is 2. The summed E-state index contributed by atoms with van der Waals surface area (Å²) in [7, 11) is 0. The molecule has 1 N–H and O–H groups in total. The minimum absolute atomic E-state index is 0.0226. The standard InChI is InChI=1S/C17H22O5/c1-8-7-10-12-13(15(2)9(8)5-6-11(15)18)22-17(4,20)16(12,3)14(19)21-10/h5-6,8-10,12-13,20H,7H2,1-4H3/t8-,9-,10+,12-,13-,15+,16+,17?/m1/s1. The van der Waals surface area contributed by atoms with Crippen LogP contribution < -0.4 is 0 Å². The van der Waals surface area contributed by atoms with Crippen LogP contribution >= 0.6 is 0 Å². The van der Waals surface area contributed by atoms with Crippen molar-refractivity contribution in [3.8, 4) is 0 Å². The van der Waals surface area contributed by atoms with Gasteiger partial charge in [-0.25, -0.2) is 0 Å². The van der Waals surface area contributed by atoms with Gasteiger partial charge in [0.15, 0.2) is 11.6 Å². The zero-order valence-electron chi connectivity index (χ0n) is 13.3. The van der Waals surface area contributed by atoms with Gasteiger partial charge in [-0.15, -0.1) is 0 Å². The Morgan fingerprint density at radius 3 is 2.64 bits per heavy atom. The van der Waals surface area contributed by atoms with Gasteiger partial charge in [-0.3, -0.25) is 9.59 Å². The van der Waals surface area contributed by atoms with Gasteiger partial charge in [-0.1, -0.05) is 13.0 Å². The van der Waals surface area contributed by atoms with Crippen molar-refractivity contribution < 1.29 is 24.2 Å². The van der Waals surface area contributed by atoms with Crippen LogP contribution in [0.5, 0.6) is 0 Å². The van der Waals surface area contributed by atoms with Crippen LogP contribution in [0.25, 0.3) is 0 Å². The largest absolute Gasteiger partial charge is 0.461 e. The van der Waals surface area contributed by atoms with Gasteiger partial charge in [0.1, 0.15) is 11.5 Å². The predicted octanol–water partition coefficient (Wildman–Crippen LogP) is 1.44. The first-order valence-corrected chi connectivity index (χ1v) is 7.98. The maximum atomic E-state index is 12.6. The van der Waals surface area contributed by atoms with Gasteiger partial charge in [0, 0.05) is 5.92 Å². The molecule has 2 aliphatic heterocycles. The molecule has 2 saturated heterocycles. The van der Waals surface area contributed by atoms with Gasteiger partial charge in [0.2, 0.25) is 0 Å². The minimum atomic E-state index is -1.62. The number of hydrogen-bond donors (Lipinski definition) is 1. The van der Waals surface area contributed by atoms with Gasteiger partial charge in [-0.05, 0) is 45.1 Å². The zero-order chi connectivity index (χ0) is 16.1. The van der Waals surface area contributed by atoms with E-state index in [0.717, 1.165) is 0 Å². The van der Waals surface area contributed by atoms with Crippen molar-refractivity contribution >= 4 is 11.8 Å². The van der Waals surface area contributed by atoms with E-state index in [1.54, 1.807) is 13.0 Å². The molecule has 22 heavy (non-hydrogen) atoms. The topological polar surface area (TPSA) is 72.8 Å². The summed E-state index contributed by atoms with van der Waals surface area (Å²) in [5.74, 6) is -2.04. The number of fused-ring (bicyclic) bond motifs is 2. The average Bonchev–Trinajstić information content (AvgIpc) is 2.91. The smallest absolute Gasteiger partial charge is 0.318 e. The first kappa shape index (κ1) is 14.4. The van der Waals surface area contributed by atoms with Crippen LogP contribution in [0.4, 0.5) is 0 Å². The lowest BCUT2D eigenvalue weighted by Gasteiger charge is -2.37. The molecule has 2 aliphatic carbocycles. The van der Waals surface area contributed by atoms with E-state index in [-0.39, 0.29) is 29.6 Å². The maximum absolute atomic E-state index is 12.6. The Balaban J connectivity index is 1.92. The Morgan fingerprint density at radius 2 is 1.95 bits per heavy atom. The van der Waals surface area contributed by atoms with Crippen LogP contribution in [0.2, 0.25) is 0 Å². The highest BCUT2D eigenvalue weighted by Crippen LogP contribution is 2.64. The summed E-state index contributed by atoms with van der Waals surface area (Å²) in [6.07, 6.45) is 3.48. The zero-order valence-corrected chi connectivity index (χ0v) is 13.3. The van der Waals surface area contributed by atoms with Crippen LogP contribution in [-0.2, 0) is 19.1 Å². The Labute approximate surface area is 129 Å². The molecular weight excluding hydrogens is 284 g/mol. The number of ketones is 1. The number of esters is 1. The molecule has 5 nitrogen and oxygen atoms in total. The maximum Gasteiger partial charge on any atom is 0.318 e. The summed E-state index contributed by atoms with van der Waals surface area (Å²) in [6, 6.07) is 0.